The number of nitrogens with one attached hydrogen (secondary N) is 1. The number of nitrogens with zero attached hydrogens (tertiary/aromatic N) is 5. The monoisotopic (exact) mass is 410 g/mol. The molecule has 10 nitrogen and oxygen atoms in total. The Morgan fingerprint density at radius 1 is 1.21 bits per heavy atom. The molecule has 0 saturated carbocycles. The number of piperidine rings is 1. The number of carbonyl (C=O) groups is 2. The molecular formula is C17H23ClN6O4. The van der Waals surface area contributed by atoms with Gasteiger partial charge in [0, 0.05) is 24.9 Å². The first-order valence-electron chi connectivity index (χ1n) is 9.05. The molecule has 0 radical (unpaired) electrons. The lowest BCUT2D eigenvalue weighted by atomic mass is 9.97. The Labute approximate surface area is 167 Å². The summed E-state index contributed by atoms with van der Waals surface area (Å²) in [7, 11) is 0. The number of imidazole rings is 1. The predicted octanol–water partition coefficient (Wildman–Crippen LogP) is 2.87. The van der Waals surface area contributed by atoms with E-state index in [4.69, 9.17) is 21.4 Å². The molecule has 0 spiro atoms. The zero-order valence-electron chi connectivity index (χ0n) is 16.1. The molecule has 1 fully saturated rings. The summed E-state index contributed by atoms with van der Waals surface area (Å²) in [5.74, 6) is -0.0215. The van der Waals surface area contributed by atoms with Gasteiger partial charge in [0.15, 0.2) is 23.9 Å². The molecule has 2 aromatic rings. The number of hydrogen-bond donors (Lipinski definition) is 1. The molecule has 0 unspecified atom stereocenters. The molecule has 0 atom stereocenters. The van der Waals surface area contributed by atoms with E-state index in [1.165, 1.54) is 10.4 Å². The number of anilines is 1. The number of rotatable bonds is 4. The Morgan fingerprint density at radius 2 is 1.93 bits per heavy atom. The van der Waals surface area contributed by atoms with Gasteiger partial charge in [-0.15, -0.1) is 0 Å². The molecule has 0 bridgehead atoms. The van der Waals surface area contributed by atoms with Crippen LogP contribution in [-0.4, -0.2) is 49.1 Å². The largest absolute Gasteiger partial charge is 0.457 e. The normalized spacial score (nSPS) is 14.8. The van der Waals surface area contributed by atoms with Gasteiger partial charge in [-0.25, -0.2) is 23.8 Å². The molecule has 1 aliphatic rings. The van der Waals surface area contributed by atoms with Crippen molar-refractivity contribution < 1.29 is 19.2 Å². The van der Waals surface area contributed by atoms with Gasteiger partial charge in [-0.1, -0.05) is 0 Å². The number of halogens is 1. The van der Waals surface area contributed by atoms with Gasteiger partial charge < -0.3 is 14.5 Å². The van der Waals surface area contributed by atoms with Crippen LogP contribution < -0.4 is 5.48 Å². The van der Waals surface area contributed by atoms with Gasteiger partial charge in [0.25, 0.3) is 0 Å². The SMILES string of the molecule is CC(C)(C)C(=O)OCc1nc(NOC(=O)N2CCCCC2)c2c(ncn2Cl)n1. The second-order valence-corrected chi connectivity index (χ2v) is 7.92. The molecule has 152 valence electrons. The van der Waals surface area contributed by atoms with Crippen molar-refractivity contribution >= 4 is 40.8 Å². The first-order chi connectivity index (χ1) is 13.3. The first kappa shape index (κ1) is 20.1. The van der Waals surface area contributed by atoms with Gasteiger partial charge >= 0.3 is 12.1 Å². The zero-order chi connectivity index (χ0) is 20.3. The molecule has 1 amide bonds. The highest BCUT2D eigenvalue weighted by atomic mass is 35.5. The van der Waals surface area contributed by atoms with Crippen LogP contribution in [0.2, 0.25) is 0 Å². The maximum Gasteiger partial charge on any atom is 0.434 e. The van der Waals surface area contributed by atoms with Crippen LogP contribution in [0, 0.1) is 5.41 Å². The number of aromatic nitrogens is 4. The summed E-state index contributed by atoms with van der Waals surface area (Å²) in [6.45, 7) is 6.42. The zero-order valence-corrected chi connectivity index (χ0v) is 16.8. The van der Waals surface area contributed by atoms with E-state index >= 15 is 0 Å². The topological polar surface area (TPSA) is 111 Å². The summed E-state index contributed by atoms with van der Waals surface area (Å²) in [6.07, 6.45) is 3.86. The lowest BCUT2D eigenvalue weighted by molar-refractivity contribution is -0.154. The third-order valence-electron chi connectivity index (χ3n) is 4.20. The van der Waals surface area contributed by atoms with E-state index in [2.05, 4.69) is 20.4 Å². The third kappa shape index (κ3) is 4.61. The fraction of sp³-hybridized carbons (Fsp3) is 0.588. The summed E-state index contributed by atoms with van der Waals surface area (Å²) in [5.41, 5.74) is 2.52. The van der Waals surface area contributed by atoms with Crippen molar-refractivity contribution in [3.8, 4) is 0 Å². The Kier molecular flexibility index (Phi) is 5.87. The van der Waals surface area contributed by atoms with E-state index in [0.717, 1.165) is 19.3 Å². The van der Waals surface area contributed by atoms with Crippen LogP contribution in [0.1, 0.15) is 45.9 Å². The molecule has 0 aliphatic carbocycles. The van der Waals surface area contributed by atoms with Gasteiger partial charge in [0.1, 0.15) is 11.8 Å². The van der Waals surface area contributed by atoms with Gasteiger partial charge in [-0.2, -0.15) is 5.48 Å². The number of carbonyl (C=O) groups excluding carboxylic acids is 2. The maximum atomic E-state index is 12.2. The smallest absolute Gasteiger partial charge is 0.434 e. The summed E-state index contributed by atoms with van der Waals surface area (Å²) in [5, 5.41) is 0. The third-order valence-corrected chi connectivity index (χ3v) is 4.46. The molecule has 1 saturated heterocycles. The van der Waals surface area contributed by atoms with Crippen molar-refractivity contribution in [1.82, 2.24) is 23.9 Å². The minimum Gasteiger partial charge on any atom is -0.457 e. The van der Waals surface area contributed by atoms with Crippen molar-refractivity contribution in [2.45, 2.75) is 46.6 Å². The highest BCUT2D eigenvalue weighted by Crippen LogP contribution is 2.22. The molecule has 3 rings (SSSR count). The van der Waals surface area contributed by atoms with E-state index in [1.54, 1.807) is 25.7 Å². The minimum absolute atomic E-state index is 0.143. The summed E-state index contributed by atoms with van der Waals surface area (Å²) >= 11 is 6.08. The Bertz CT molecular complexity index is 872. The lowest BCUT2D eigenvalue weighted by Gasteiger charge is -2.25. The number of hydrogen-bond acceptors (Lipinski definition) is 8. The van der Waals surface area contributed by atoms with Gasteiger partial charge in [0.05, 0.1) is 5.41 Å². The number of fused-ring (bicyclic) bond motifs is 1. The van der Waals surface area contributed by atoms with Crippen molar-refractivity contribution in [2.75, 3.05) is 18.6 Å². The van der Waals surface area contributed by atoms with Crippen LogP contribution in [0.15, 0.2) is 6.33 Å². The quantitative estimate of drug-likeness (QED) is 0.604. The summed E-state index contributed by atoms with van der Waals surface area (Å²) < 4.78 is 6.44. The average Bonchev–Trinajstić information content (AvgIpc) is 3.04. The summed E-state index contributed by atoms with van der Waals surface area (Å²) in [4.78, 5) is 43.6. The van der Waals surface area contributed by atoms with E-state index in [9.17, 15) is 9.59 Å². The van der Waals surface area contributed by atoms with Crippen LogP contribution in [0.25, 0.3) is 11.2 Å². The van der Waals surface area contributed by atoms with Crippen LogP contribution in [0.5, 0.6) is 0 Å². The minimum atomic E-state index is -0.646. The molecule has 3 heterocycles. The number of likely N-dealkylation sites (tertiary alicyclic amines) is 1. The Morgan fingerprint density at radius 3 is 2.61 bits per heavy atom. The number of amides is 1. The molecule has 1 aliphatic heterocycles. The fourth-order valence-electron chi connectivity index (χ4n) is 2.65. The van der Waals surface area contributed by atoms with E-state index < -0.39 is 11.5 Å². The van der Waals surface area contributed by atoms with Crippen LogP contribution >= 0.6 is 11.8 Å². The van der Waals surface area contributed by atoms with Crippen LogP contribution in [-0.2, 0) is 21.0 Å². The molecule has 2 aromatic heterocycles. The van der Waals surface area contributed by atoms with Crippen molar-refractivity contribution in [3.63, 3.8) is 0 Å². The van der Waals surface area contributed by atoms with Gasteiger partial charge in [-0.3, -0.25) is 4.79 Å². The molecule has 1 N–H and O–H groups in total. The van der Waals surface area contributed by atoms with Crippen LogP contribution in [0.4, 0.5) is 10.6 Å². The second kappa shape index (κ2) is 8.17. The first-order valence-corrected chi connectivity index (χ1v) is 9.38. The highest BCUT2D eigenvalue weighted by Gasteiger charge is 2.24. The number of ether oxygens (including phenoxy) is 1. The van der Waals surface area contributed by atoms with Gasteiger partial charge in [-0.05, 0) is 40.0 Å². The Hall–Kier alpha value is -2.62. The Balaban J connectivity index is 1.75. The summed E-state index contributed by atoms with van der Waals surface area (Å²) in [6, 6.07) is 0. The molecule has 11 heteroatoms. The fourth-order valence-corrected chi connectivity index (χ4v) is 2.85. The standard InChI is InChI=1S/C17H23ClN6O4/c1-17(2,3)15(25)27-9-11-20-13-12(24(18)10-19-13)14(21-11)22-28-16(26)23-7-5-4-6-8-23/h10H,4-9H2,1-3H3,(H,20,21,22). The van der Waals surface area contributed by atoms with E-state index in [0.29, 0.717) is 18.6 Å². The highest BCUT2D eigenvalue weighted by molar-refractivity contribution is 6.19. The predicted molar refractivity (Wildman–Crippen MR) is 101 cm³/mol. The molecule has 0 aromatic carbocycles. The molecular weight excluding hydrogens is 388 g/mol. The lowest BCUT2D eigenvalue weighted by Crippen LogP contribution is -2.37. The number of esters is 1. The second-order valence-electron chi connectivity index (χ2n) is 7.56. The maximum absolute atomic E-state index is 12.2. The van der Waals surface area contributed by atoms with Gasteiger partial charge in [0.2, 0.25) is 0 Å². The van der Waals surface area contributed by atoms with E-state index in [-0.39, 0.29) is 29.9 Å². The van der Waals surface area contributed by atoms with Crippen molar-refractivity contribution in [2.24, 2.45) is 5.41 Å². The van der Waals surface area contributed by atoms with E-state index in [1.807, 2.05) is 0 Å². The van der Waals surface area contributed by atoms with Crippen LogP contribution in [0.3, 0.4) is 0 Å². The molecule has 28 heavy (non-hydrogen) atoms. The average molecular weight is 411 g/mol. The van der Waals surface area contributed by atoms with Crippen molar-refractivity contribution in [1.29, 1.82) is 0 Å². The van der Waals surface area contributed by atoms with Crippen molar-refractivity contribution in [3.05, 3.63) is 12.2 Å².